The highest BCUT2D eigenvalue weighted by molar-refractivity contribution is 5.86. The van der Waals surface area contributed by atoms with Crippen molar-refractivity contribution in [3.63, 3.8) is 0 Å². The number of aliphatic carboxylic acids is 1. The number of amides is 1. The number of carboxylic acids is 1. The Bertz CT molecular complexity index is 353. The number of carboxylic acid groups (broad SMARTS) is 1. The van der Waals surface area contributed by atoms with Crippen molar-refractivity contribution in [2.24, 2.45) is 11.3 Å². The van der Waals surface area contributed by atoms with E-state index in [1.165, 1.54) is 4.90 Å². The van der Waals surface area contributed by atoms with Crippen molar-refractivity contribution in [3.05, 3.63) is 0 Å². The minimum Gasteiger partial charge on any atom is -0.481 e. The van der Waals surface area contributed by atoms with E-state index in [-0.39, 0.29) is 12.5 Å². The molecular formula is C12H18N2O3. The molecule has 1 atom stereocenters. The van der Waals surface area contributed by atoms with Gasteiger partial charge in [0.1, 0.15) is 5.41 Å². The SMILES string of the molecule is CC(CN(C)C(=O)C1(C#N)CCCC1)C(=O)O. The Hall–Kier alpha value is -1.57. The second-order valence-corrected chi connectivity index (χ2v) is 4.83. The Kier molecular flexibility index (Phi) is 4.11. The van der Waals surface area contributed by atoms with Crippen LogP contribution in [0.1, 0.15) is 32.6 Å². The number of hydrogen-bond acceptors (Lipinski definition) is 3. The van der Waals surface area contributed by atoms with E-state index in [0.29, 0.717) is 12.8 Å². The molecule has 0 spiro atoms. The number of nitriles is 1. The van der Waals surface area contributed by atoms with Gasteiger partial charge in [0.25, 0.3) is 0 Å². The lowest BCUT2D eigenvalue weighted by atomic mass is 9.86. The summed E-state index contributed by atoms with van der Waals surface area (Å²) >= 11 is 0. The van der Waals surface area contributed by atoms with Crippen LogP contribution in [0.15, 0.2) is 0 Å². The molecule has 0 aromatic heterocycles. The Balaban J connectivity index is 2.69. The maximum atomic E-state index is 12.2. The summed E-state index contributed by atoms with van der Waals surface area (Å²) in [5.41, 5.74) is -0.910. The van der Waals surface area contributed by atoms with Crippen molar-refractivity contribution in [3.8, 4) is 6.07 Å². The lowest BCUT2D eigenvalue weighted by Crippen LogP contribution is -2.42. The van der Waals surface area contributed by atoms with E-state index in [2.05, 4.69) is 6.07 Å². The molecule has 1 rings (SSSR count). The molecule has 17 heavy (non-hydrogen) atoms. The van der Waals surface area contributed by atoms with Gasteiger partial charge in [-0.05, 0) is 12.8 Å². The summed E-state index contributed by atoms with van der Waals surface area (Å²) in [5, 5.41) is 18.0. The predicted octanol–water partition coefficient (Wildman–Crippen LogP) is 1.25. The number of nitrogens with zero attached hydrogens (tertiary/aromatic N) is 2. The van der Waals surface area contributed by atoms with Gasteiger partial charge in [-0.1, -0.05) is 19.8 Å². The molecule has 0 aromatic rings. The Morgan fingerprint density at radius 2 is 2.00 bits per heavy atom. The van der Waals surface area contributed by atoms with Gasteiger partial charge in [-0.3, -0.25) is 9.59 Å². The number of hydrogen-bond donors (Lipinski definition) is 1. The van der Waals surface area contributed by atoms with Crippen LogP contribution in [0.4, 0.5) is 0 Å². The molecule has 0 bridgehead atoms. The van der Waals surface area contributed by atoms with Crippen LogP contribution in [-0.2, 0) is 9.59 Å². The second-order valence-electron chi connectivity index (χ2n) is 4.83. The molecular weight excluding hydrogens is 220 g/mol. The average molecular weight is 238 g/mol. The smallest absolute Gasteiger partial charge is 0.308 e. The molecule has 0 radical (unpaired) electrons. The lowest BCUT2D eigenvalue weighted by molar-refractivity contribution is -0.144. The molecule has 0 heterocycles. The van der Waals surface area contributed by atoms with E-state index in [1.807, 2.05) is 0 Å². The molecule has 1 unspecified atom stereocenters. The van der Waals surface area contributed by atoms with Crippen LogP contribution < -0.4 is 0 Å². The fourth-order valence-electron chi connectivity index (χ4n) is 2.29. The van der Waals surface area contributed by atoms with Crippen molar-refractivity contribution < 1.29 is 14.7 Å². The Morgan fingerprint density at radius 1 is 1.47 bits per heavy atom. The average Bonchev–Trinajstić information content (AvgIpc) is 2.77. The zero-order valence-corrected chi connectivity index (χ0v) is 10.3. The second kappa shape index (κ2) is 5.17. The van der Waals surface area contributed by atoms with E-state index >= 15 is 0 Å². The first kappa shape index (κ1) is 13.5. The summed E-state index contributed by atoms with van der Waals surface area (Å²) in [6.45, 7) is 1.71. The highest BCUT2D eigenvalue weighted by Gasteiger charge is 2.43. The summed E-state index contributed by atoms with van der Waals surface area (Å²) in [4.78, 5) is 24.3. The Labute approximate surface area is 101 Å². The fourth-order valence-corrected chi connectivity index (χ4v) is 2.29. The van der Waals surface area contributed by atoms with Crippen LogP contribution in [0.2, 0.25) is 0 Å². The molecule has 0 saturated heterocycles. The first-order valence-electron chi connectivity index (χ1n) is 5.82. The Morgan fingerprint density at radius 3 is 2.41 bits per heavy atom. The van der Waals surface area contributed by atoms with E-state index in [9.17, 15) is 9.59 Å². The van der Waals surface area contributed by atoms with Gasteiger partial charge in [0, 0.05) is 13.6 Å². The first-order chi connectivity index (χ1) is 7.93. The molecule has 1 N–H and O–H groups in total. The van der Waals surface area contributed by atoms with E-state index in [0.717, 1.165) is 12.8 Å². The van der Waals surface area contributed by atoms with Gasteiger partial charge >= 0.3 is 5.97 Å². The third-order valence-corrected chi connectivity index (χ3v) is 3.40. The highest BCUT2D eigenvalue weighted by atomic mass is 16.4. The molecule has 5 heteroatoms. The standard InChI is InChI=1S/C12H18N2O3/c1-9(10(15)16)7-14(2)11(17)12(8-13)5-3-4-6-12/h9H,3-7H2,1-2H3,(H,15,16). The fraction of sp³-hybridized carbons (Fsp3) is 0.750. The zero-order chi connectivity index (χ0) is 13.1. The summed E-state index contributed by atoms with van der Waals surface area (Å²) in [7, 11) is 1.57. The maximum absolute atomic E-state index is 12.2. The zero-order valence-electron chi connectivity index (χ0n) is 10.3. The largest absolute Gasteiger partial charge is 0.481 e. The maximum Gasteiger partial charge on any atom is 0.308 e. The van der Waals surface area contributed by atoms with E-state index in [1.54, 1.807) is 14.0 Å². The summed E-state index contributed by atoms with van der Waals surface area (Å²) in [6, 6.07) is 2.12. The van der Waals surface area contributed by atoms with Gasteiger partial charge < -0.3 is 10.0 Å². The molecule has 5 nitrogen and oxygen atoms in total. The van der Waals surface area contributed by atoms with Crippen LogP contribution in [-0.4, -0.2) is 35.5 Å². The van der Waals surface area contributed by atoms with Crippen molar-refractivity contribution in [2.45, 2.75) is 32.6 Å². The van der Waals surface area contributed by atoms with Gasteiger partial charge in [-0.15, -0.1) is 0 Å². The lowest BCUT2D eigenvalue weighted by Gasteiger charge is -2.27. The monoisotopic (exact) mass is 238 g/mol. The molecule has 1 amide bonds. The number of rotatable bonds is 4. The molecule has 94 valence electrons. The van der Waals surface area contributed by atoms with Gasteiger partial charge in [-0.25, -0.2) is 0 Å². The minimum absolute atomic E-state index is 0.150. The van der Waals surface area contributed by atoms with E-state index in [4.69, 9.17) is 10.4 Å². The van der Waals surface area contributed by atoms with Crippen LogP contribution in [0.5, 0.6) is 0 Å². The van der Waals surface area contributed by atoms with Gasteiger partial charge in [0.15, 0.2) is 0 Å². The predicted molar refractivity (Wildman–Crippen MR) is 61.0 cm³/mol. The molecule has 1 fully saturated rings. The molecule has 1 aliphatic carbocycles. The van der Waals surface area contributed by atoms with Crippen molar-refractivity contribution >= 4 is 11.9 Å². The van der Waals surface area contributed by atoms with Crippen molar-refractivity contribution in [1.82, 2.24) is 4.90 Å². The molecule has 1 aliphatic rings. The number of carbonyl (C=O) groups is 2. The normalized spacial score (nSPS) is 19.4. The van der Waals surface area contributed by atoms with E-state index < -0.39 is 17.3 Å². The first-order valence-corrected chi connectivity index (χ1v) is 5.82. The van der Waals surface area contributed by atoms with Gasteiger partial charge in [0.2, 0.25) is 5.91 Å². The van der Waals surface area contributed by atoms with Crippen LogP contribution in [0.3, 0.4) is 0 Å². The van der Waals surface area contributed by atoms with Gasteiger partial charge in [0.05, 0.1) is 12.0 Å². The quantitative estimate of drug-likeness (QED) is 0.799. The van der Waals surface area contributed by atoms with Crippen LogP contribution in [0.25, 0.3) is 0 Å². The summed E-state index contributed by atoms with van der Waals surface area (Å²) in [6.07, 6.45) is 2.96. The third-order valence-electron chi connectivity index (χ3n) is 3.40. The van der Waals surface area contributed by atoms with Crippen molar-refractivity contribution in [1.29, 1.82) is 5.26 Å². The topological polar surface area (TPSA) is 81.4 Å². The molecule has 0 aromatic carbocycles. The minimum atomic E-state index is -0.929. The summed E-state index contributed by atoms with van der Waals surface area (Å²) < 4.78 is 0. The molecule has 0 aliphatic heterocycles. The molecule has 1 saturated carbocycles. The number of carbonyl (C=O) groups excluding carboxylic acids is 1. The van der Waals surface area contributed by atoms with Crippen molar-refractivity contribution in [2.75, 3.05) is 13.6 Å². The van der Waals surface area contributed by atoms with Crippen LogP contribution in [0, 0.1) is 22.7 Å². The van der Waals surface area contributed by atoms with Gasteiger partial charge in [-0.2, -0.15) is 5.26 Å². The summed E-state index contributed by atoms with van der Waals surface area (Å²) in [5.74, 6) is -1.77. The third kappa shape index (κ3) is 2.76. The van der Waals surface area contributed by atoms with Crippen LogP contribution >= 0.6 is 0 Å². The highest BCUT2D eigenvalue weighted by Crippen LogP contribution is 2.38.